The molecule has 0 heterocycles. The summed E-state index contributed by atoms with van der Waals surface area (Å²) >= 11 is -3.38. The number of rotatable bonds is 2. The van der Waals surface area contributed by atoms with Gasteiger partial charge in [-0.25, -0.2) is 0 Å². The Morgan fingerprint density at radius 3 is 2.20 bits per heavy atom. The van der Waals surface area contributed by atoms with Crippen molar-refractivity contribution in [2.24, 2.45) is 0 Å². The molecule has 51 valence electrons. The number of hydrogen-bond acceptors (Lipinski definition) is 2. The molecule has 3 nitrogen and oxygen atoms in total. The molecule has 0 aromatic heterocycles. The van der Waals surface area contributed by atoms with Crippen LogP contribution in [0, 0.1) is 0 Å². The third kappa shape index (κ3) is 2.29. The van der Waals surface area contributed by atoms with Crippen molar-refractivity contribution in [2.75, 3.05) is 3.80 Å². The van der Waals surface area contributed by atoms with Crippen molar-refractivity contribution in [3.8, 4) is 0 Å². The van der Waals surface area contributed by atoms with Crippen molar-refractivity contribution in [3.05, 3.63) is 30.3 Å². The fourth-order valence-electron chi connectivity index (χ4n) is 0.639. The van der Waals surface area contributed by atoms with Gasteiger partial charge in [0, 0.05) is 0 Å². The van der Waals surface area contributed by atoms with Crippen molar-refractivity contribution in [1.82, 2.24) is 0 Å². The van der Waals surface area contributed by atoms with E-state index in [1.165, 1.54) is 0 Å². The van der Waals surface area contributed by atoms with Gasteiger partial charge >= 0.3 is 64.5 Å². The summed E-state index contributed by atoms with van der Waals surface area (Å²) < 4.78 is 22.8. The summed E-state index contributed by atoms with van der Waals surface area (Å²) in [6.07, 6.45) is 0. The number of nitrogens with one attached hydrogen (secondary N) is 1. The minimum atomic E-state index is -3.38. The van der Waals surface area contributed by atoms with E-state index in [0.717, 1.165) is 0 Å². The van der Waals surface area contributed by atoms with Crippen LogP contribution in [-0.4, -0.2) is 0 Å². The van der Waals surface area contributed by atoms with Gasteiger partial charge in [-0.15, -0.1) is 0 Å². The molecule has 0 bridgehead atoms. The van der Waals surface area contributed by atoms with Crippen LogP contribution in [0.25, 0.3) is 0 Å². The molecular weight excluding hydrogens is 166 g/mol. The van der Waals surface area contributed by atoms with Gasteiger partial charge in [0.2, 0.25) is 0 Å². The zero-order chi connectivity index (χ0) is 7.40. The first-order valence-electron chi connectivity index (χ1n) is 2.82. The van der Waals surface area contributed by atoms with Gasteiger partial charge in [0.1, 0.15) is 0 Å². The van der Waals surface area contributed by atoms with E-state index in [1.54, 1.807) is 24.3 Å². The predicted octanol–water partition coefficient (Wildman–Crippen LogP) is 1.32. The Bertz CT molecular complexity index is 260. The van der Waals surface area contributed by atoms with Crippen molar-refractivity contribution in [1.29, 1.82) is 0 Å². The zero-order valence-corrected chi connectivity index (χ0v) is 6.76. The Morgan fingerprint density at radius 1 is 1.10 bits per heavy atom. The van der Waals surface area contributed by atoms with Crippen molar-refractivity contribution < 1.29 is 24.7 Å². The Morgan fingerprint density at radius 2 is 1.70 bits per heavy atom. The maximum atomic E-state index is 10.2. The Labute approximate surface area is 64.8 Å². The van der Waals surface area contributed by atoms with E-state index in [4.69, 9.17) is 0 Å². The number of benzene rings is 1. The van der Waals surface area contributed by atoms with E-state index in [-0.39, 0.29) is 0 Å². The molecule has 0 amide bonds. The van der Waals surface area contributed by atoms with E-state index in [0.29, 0.717) is 5.69 Å². The van der Waals surface area contributed by atoms with Gasteiger partial charge in [-0.2, -0.15) is 0 Å². The fourth-order valence-corrected chi connectivity index (χ4v) is 1.27. The molecule has 0 fully saturated rings. The molecule has 0 radical (unpaired) electrons. The standard InChI is InChI=1S/C6H6N.2O.Ti/c7-6-4-2-1-3-5-6;;;/h1-5,7H;;;/q-1;;;+1. The number of para-hydroxylation sites is 1. The van der Waals surface area contributed by atoms with Crippen LogP contribution in [0.5, 0.6) is 0 Å². The monoisotopic (exact) mass is 172 g/mol. The van der Waals surface area contributed by atoms with Crippen LogP contribution in [0.4, 0.5) is 5.69 Å². The molecule has 1 aromatic rings. The van der Waals surface area contributed by atoms with E-state index in [1.807, 2.05) is 6.07 Å². The molecule has 1 aromatic carbocycles. The molecule has 0 aliphatic rings. The van der Waals surface area contributed by atoms with E-state index in [9.17, 15) is 6.65 Å². The molecule has 0 aliphatic heterocycles. The van der Waals surface area contributed by atoms with Gasteiger partial charge in [0.25, 0.3) is 0 Å². The third-order valence-electron chi connectivity index (χ3n) is 1.02. The summed E-state index contributed by atoms with van der Waals surface area (Å²) in [5.74, 6) is 0. The van der Waals surface area contributed by atoms with Crippen LogP contribution in [0.15, 0.2) is 30.3 Å². The summed E-state index contributed by atoms with van der Waals surface area (Å²) in [7, 11) is 0. The Balaban J connectivity index is 2.77. The number of hydrogen-bond donors (Lipinski definition) is 1. The summed E-state index contributed by atoms with van der Waals surface area (Å²) in [5, 5.41) is 0. The van der Waals surface area contributed by atoms with Gasteiger partial charge in [-0.3, -0.25) is 0 Å². The molecule has 1 rings (SSSR count). The molecule has 0 atom stereocenters. The summed E-state index contributed by atoms with van der Waals surface area (Å²) in [6.45, 7) is 0. The summed E-state index contributed by atoms with van der Waals surface area (Å²) in [4.78, 5) is 0. The van der Waals surface area contributed by atoms with Crippen molar-refractivity contribution in [3.63, 3.8) is 0 Å². The first-order chi connectivity index (χ1) is 4.79. The molecule has 0 aliphatic carbocycles. The van der Waals surface area contributed by atoms with Crippen LogP contribution < -0.4 is 3.80 Å². The second-order valence-corrected chi connectivity index (χ2v) is 3.07. The Kier molecular flexibility index (Phi) is 2.60. The average Bonchev–Trinajstić information content (AvgIpc) is 1.88. The van der Waals surface area contributed by atoms with E-state index >= 15 is 0 Å². The SMILES string of the molecule is [O]=[Ti](=[O])[NH]c1ccccc1. The molecule has 0 saturated carbocycles. The molecule has 4 heteroatoms. The first kappa shape index (κ1) is 7.44. The van der Waals surface area contributed by atoms with Crippen molar-refractivity contribution >= 4 is 5.69 Å². The topological polar surface area (TPSA) is 46.2 Å². The van der Waals surface area contributed by atoms with Gasteiger partial charge in [-0.1, -0.05) is 0 Å². The van der Waals surface area contributed by atoms with Crippen molar-refractivity contribution in [2.45, 2.75) is 0 Å². The van der Waals surface area contributed by atoms with E-state index < -0.39 is 18.1 Å². The van der Waals surface area contributed by atoms with Crippen LogP contribution in [0.2, 0.25) is 0 Å². The van der Waals surface area contributed by atoms with Gasteiger partial charge in [-0.05, 0) is 0 Å². The molecule has 1 N–H and O–H groups in total. The average molecular weight is 172 g/mol. The van der Waals surface area contributed by atoms with Crippen LogP contribution in [0.1, 0.15) is 0 Å². The summed E-state index contributed by atoms with van der Waals surface area (Å²) in [6, 6.07) is 8.82. The maximum absolute atomic E-state index is 10.2. The second-order valence-electron chi connectivity index (χ2n) is 1.78. The van der Waals surface area contributed by atoms with E-state index in [2.05, 4.69) is 3.80 Å². The Hall–Kier alpha value is -0.666. The molecule has 10 heavy (non-hydrogen) atoms. The molecular formula is C6H6NO2Ti. The van der Waals surface area contributed by atoms with Crippen LogP contribution in [-0.2, 0) is 24.7 Å². The van der Waals surface area contributed by atoms with Gasteiger partial charge in [0.15, 0.2) is 0 Å². The molecule has 0 unspecified atom stereocenters. The quantitative estimate of drug-likeness (QED) is 0.684. The minimum absolute atomic E-state index is 0.641. The zero-order valence-electron chi connectivity index (χ0n) is 5.20. The van der Waals surface area contributed by atoms with Gasteiger partial charge in [0.05, 0.1) is 0 Å². The molecule has 0 saturated heterocycles. The predicted molar refractivity (Wildman–Crippen MR) is 31.4 cm³/mol. The van der Waals surface area contributed by atoms with Crippen LogP contribution >= 0.6 is 0 Å². The number of anilines is 1. The third-order valence-corrected chi connectivity index (χ3v) is 1.79. The second kappa shape index (κ2) is 3.49. The van der Waals surface area contributed by atoms with Crippen LogP contribution in [0.3, 0.4) is 0 Å². The summed E-state index contributed by atoms with van der Waals surface area (Å²) in [5.41, 5.74) is 0.641. The fraction of sp³-hybridized carbons (Fsp3) is 0. The van der Waals surface area contributed by atoms with Gasteiger partial charge < -0.3 is 0 Å². The first-order valence-corrected chi connectivity index (χ1v) is 4.87. The molecule has 0 spiro atoms. The normalized spacial score (nSPS) is 8.80.